The summed E-state index contributed by atoms with van der Waals surface area (Å²) in [5, 5.41) is 9.67. The van der Waals surface area contributed by atoms with Gasteiger partial charge in [0, 0.05) is 18.0 Å². The Kier molecular flexibility index (Phi) is 6.94. The highest BCUT2D eigenvalue weighted by Crippen LogP contribution is 2.21. The second-order valence-electron chi connectivity index (χ2n) is 5.99. The molecular weight excluding hydrogens is 390 g/mol. The van der Waals surface area contributed by atoms with Crippen LogP contribution in [0.2, 0.25) is 5.02 Å². The van der Waals surface area contributed by atoms with Crippen LogP contribution in [0.5, 0.6) is 5.75 Å². The number of rotatable bonds is 6. The number of hydrazine groups is 1. The molecule has 144 valence electrons. The van der Waals surface area contributed by atoms with Gasteiger partial charge >= 0.3 is 0 Å². The molecule has 0 fully saturated rings. The SMILES string of the molecule is O=C(COc1ccc(Cl)cc1)NNC(=O)CSc1nnc2n1CCCCC2. The van der Waals surface area contributed by atoms with Gasteiger partial charge in [0.25, 0.3) is 5.91 Å². The summed E-state index contributed by atoms with van der Waals surface area (Å²) in [7, 11) is 0. The van der Waals surface area contributed by atoms with E-state index in [0.29, 0.717) is 10.8 Å². The van der Waals surface area contributed by atoms with Gasteiger partial charge in [0.1, 0.15) is 11.6 Å². The largest absolute Gasteiger partial charge is 0.484 e. The van der Waals surface area contributed by atoms with E-state index >= 15 is 0 Å². The van der Waals surface area contributed by atoms with Gasteiger partial charge in [-0.1, -0.05) is 29.8 Å². The van der Waals surface area contributed by atoms with E-state index in [9.17, 15) is 9.59 Å². The number of ether oxygens (including phenoxy) is 1. The van der Waals surface area contributed by atoms with Gasteiger partial charge in [-0.15, -0.1) is 10.2 Å². The molecule has 2 amide bonds. The maximum atomic E-state index is 11.9. The molecule has 0 unspecified atom stereocenters. The summed E-state index contributed by atoms with van der Waals surface area (Å²) in [6.07, 6.45) is 4.31. The van der Waals surface area contributed by atoms with Crippen molar-refractivity contribution >= 4 is 35.2 Å². The van der Waals surface area contributed by atoms with E-state index in [2.05, 4.69) is 25.6 Å². The highest BCUT2D eigenvalue weighted by atomic mass is 35.5. The number of aromatic nitrogens is 3. The molecule has 2 N–H and O–H groups in total. The predicted octanol–water partition coefficient (Wildman–Crippen LogP) is 1.98. The number of hydrogen-bond donors (Lipinski definition) is 2. The number of aryl methyl sites for hydroxylation is 1. The van der Waals surface area contributed by atoms with Crippen molar-refractivity contribution in [3.8, 4) is 5.75 Å². The maximum Gasteiger partial charge on any atom is 0.276 e. The van der Waals surface area contributed by atoms with Gasteiger partial charge in [-0.2, -0.15) is 0 Å². The minimum atomic E-state index is -0.459. The molecule has 3 rings (SSSR count). The van der Waals surface area contributed by atoms with Crippen LogP contribution in [-0.2, 0) is 22.6 Å². The lowest BCUT2D eigenvalue weighted by Gasteiger charge is -2.09. The second kappa shape index (κ2) is 9.61. The van der Waals surface area contributed by atoms with E-state index in [1.54, 1.807) is 24.3 Å². The Bertz CT molecular complexity index is 796. The molecule has 27 heavy (non-hydrogen) atoms. The Morgan fingerprint density at radius 1 is 1.11 bits per heavy atom. The van der Waals surface area contributed by atoms with Gasteiger partial charge in [0.2, 0.25) is 5.91 Å². The Labute approximate surface area is 166 Å². The number of hydrogen-bond acceptors (Lipinski definition) is 6. The summed E-state index contributed by atoms with van der Waals surface area (Å²) >= 11 is 7.08. The van der Waals surface area contributed by atoms with Gasteiger partial charge in [-0.05, 0) is 37.1 Å². The van der Waals surface area contributed by atoms with Crippen LogP contribution in [0, 0.1) is 0 Å². The van der Waals surface area contributed by atoms with E-state index in [1.807, 2.05) is 0 Å². The number of benzene rings is 1. The van der Waals surface area contributed by atoms with Crippen molar-refractivity contribution in [2.24, 2.45) is 0 Å². The number of thioether (sulfide) groups is 1. The molecule has 0 saturated carbocycles. The first kappa shape index (κ1) is 19.5. The van der Waals surface area contributed by atoms with Crippen molar-refractivity contribution in [2.45, 2.75) is 37.4 Å². The molecule has 0 spiro atoms. The average Bonchev–Trinajstić information content (AvgIpc) is 2.90. The lowest BCUT2D eigenvalue weighted by molar-refractivity contribution is -0.128. The van der Waals surface area contributed by atoms with E-state index in [0.717, 1.165) is 36.8 Å². The van der Waals surface area contributed by atoms with Crippen molar-refractivity contribution < 1.29 is 14.3 Å². The Hall–Kier alpha value is -2.26. The third-order valence-corrected chi connectivity index (χ3v) is 5.15. The fourth-order valence-corrected chi connectivity index (χ4v) is 3.50. The normalized spacial score (nSPS) is 13.4. The Balaban J connectivity index is 1.37. The fraction of sp³-hybridized carbons (Fsp3) is 0.412. The summed E-state index contributed by atoms with van der Waals surface area (Å²) in [6.45, 7) is 0.664. The molecule has 2 heterocycles. The van der Waals surface area contributed by atoms with Gasteiger partial charge in [-0.3, -0.25) is 20.4 Å². The summed E-state index contributed by atoms with van der Waals surface area (Å²) in [4.78, 5) is 23.7. The highest BCUT2D eigenvalue weighted by molar-refractivity contribution is 7.99. The molecule has 0 bridgehead atoms. The van der Waals surface area contributed by atoms with Crippen LogP contribution < -0.4 is 15.6 Å². The fourth-order valence-electron chi connectivity index (χ4n) is 2.59. The molecule has 8 nitrogen and oxygen atoms in total. The first-order valence-corrected chi connectivity index (χ1v) is 9.99. The lowest BCUT2D eigenvalue weighted by Crippen LogP contribution is -2.44. The van der Waals surface area contributed by atoms with Crippen LogP contribution in [0.3, 0.4) is 0 Å². The van der Waals surface area contributed by atoms with Crippen LogP contribution in [-0.4, -0.2) is 38.9 Å². The van der Waals surface area contributed by atoms with Crippen molar-refractivity contribution in [1.29, 1.82) is 0 Å². The van der Waals surface area contributed by atoms with Gasteiger partial charge < -0.3 is 9.30 Å². The van der Waals surface area contributed by atoms with Crippen molar-refractivity contribution in [3.05, 3.63) is 35.1 Å². The summed E-state index contributed by atoms with van der Waals surface area (Å²) < 4.78 is 7.37. The van der Waals surface area contributed by atoms with Crippen LogP contribution >= 0.6 is 23.4 Å². The Morgan fingerprint density at radius 2 is 1.89 bits per heavy atom. The summed E-state index contributed by atoms with van der Waals surface area (Å²) in [6, 6.07) is 6.65. The highest BCUT2D eigenvalue weighted by Gasteiger charge is 2.16. The van der Waals surface area contributed by atoms with E-state index in [-0.39, 0.29) is 18.3 Å². The monoisotopic (exact) mass is 409 g/mol. The van der Waals surface area contributed by atoms with Crippen molar-refractivity contribution in [2.75, 3.05) is 12.4 Å². The van der Waals surface area contributed by atoms with Crippen LogP contribution in [0.4, 0.5) is 0 Å². The van der Waals surface area contributed by atoms with Gasteiger partial charge in [0.15, 0.2) is 11.8 Å². The predicted molar refractivity (Wildman–Crippen MR) is 102 cm³/mol. The van der Waals surface area contributed by atoms with Crippen LogP contribution in [0.1, 0.15) is 25.1 Å². The van der Waals surface area contributed by atoms with Gasteiger partial charge in [-0.25, -0.2) is 0 Å². The molecular formula is C17H20ClN5O3S. The zero-order chi connectivity index (χ0) is 19.1. The zero-order valence-corrected chi connectivity index (χ0v) is 16.2. The van der Waals surface area contributed by atoms with E-state index < -0.39 is 5.91 Å². The van der Waals surface area contributed by atoms with Gasteiger partial charge in [0.05, 0.1) is 5.75 Å². The average molecular weight is 410 g/mol. The molecule has 1 aromatic carbocycles. The van der Waals surface area contributed by atoms with Crippen LogP contribution in [0.25, 0.3) is 0 Å². The number of carbonyl (C=O) groups is 2. The third kappa shape index (κ3) is 5.86. The smallest absolute Gasteiger partial charge is 0.276 e. The first-order valence-electron chi connectivity index (χ1n) is 8.63. The molecule has 1 aliphatic heterocycles. The van der Waals surface area contributed by atoms with Crippen molar-refractivity contribution in [3.63, 3.8) is 0 Å². The number of carbonyl (C=O) groups excluding carboxylic acids is 2. The standard InChI is InChI=1S/C17H20ClN5O3S/c18-12-5-7-13(8-6-12)26-10-15(24)20-21-16(25)11-27-17-22-19-14-4-2-1-3-9-23(14)17/h5-8H,1-4,9-11H2,(H,20,24)(H,21,25). The minimum Gasteiger partial charge on any atom is -0.484 e. The molecule has 0 atom stereocenters. The quantitative estimate of drug-likeness (QED) is 0.559. The summed E-state index contributed by atoms with van der Waals surface area (Å²) in [5.41, 5.74) is 4.69. The number of nitrogens with zero attached hydrogens (tertiary/aromatic N) is 3. The number of nitrogens with one attached hydrogen (secondary N) is 2. The van der Waals surface area contributed by atoms with E-state index in [1.165, 1.54) is 18.2 Å². The maximum absolute atomic E-state index is 11.9. The van der Waals surface area contributed by atoms with Crippen molar-refractivity contribution in [1.82, 2.24) is 25.6 Å². The third-order valence-electron chi connectivity index (χ3n) is 3.93. The number of fused-ring (bicyclic) bond motifs is 1. The molecule has 0 aliphatic carbocycles. The number of amides is 2. The lowest BCUT2D eigenvalue weighted by atomic mass is 10.2. The number of halogens is 1. The first-order chi connectivity index (χ1) is 13.1. The minimum absolute atomic E-state index is 0.135. The zero-order valence-electron chi connectivity index (χ0n) is 14.6. The Morgan fingerprint density at radius 3 is 2.70 bits per heavy atom. The molecule has 0 radical (unpaired) electrons. The van der Waals surface area contributed by atoms with E-state index in [4.69, 9.17) is 16.3 Å². The molecule has 0 saturated heterocycles. The molecule has 2 aromatic rings. The second-order valence-corrected chi connectivity index (χ2v) is 7.37. The topological polar surface area (TPSA) is 98.1 Å². The molecule has 10 heteroatoms. The van der Waals surface area contributed by atoms with Crippen LogP contribution in [0.15, 0.2) is 29.4 Å². The summed E-state index contributed by atoms with van der Waals surface area (Å²) in [5.74, 6) is 0.841. The molecule has 1 aliphatic rings. The molecule has 1 aromatic heterocycles.